The van der Waals surface area contributed by atoms with Gasteiger partial charge in [-0.05, 0) is 12.1 Å². The van der Waals surface area contributed by atoms with Crippen LogP contribution >= 0.6 is 0 Å². The van der Waals surface area contributed by atoms with Crippen LogP contribution in [-0.4, -0.2) is 41.4 Å². The van der Waals surface area contributed by atoms with Crippen LogP contribution in [0.2, 0.25) is 0 Å². The first-order valence-corrected chi connectivity index (χ1v) is 6.45. The molecule has 1 saturated heterocycles. The van der Waals surface area contributed by atoms with Crippen LogP contribution in [0.15, 0.2) is 35.5 Å². The summed E-state index contributed by atoms with van der Waals surface area (Å²) >= 11 is 0. The second-order valence-corrected chi connectivity index (χ2v) is 4.46. The fourth-order valence-corrected chi connectivity index (χ4v) is 2.05. The van der Waals surface area contributed by atoms with Crippen LogP contribution in [0, 0.1) is 0 Å². The van der Waals surface area contributed by atoms with Crippen molar-refractivity contribution < 1.29 is 14.7 Å². The highest BCUT2D eigenvalue weighted by molar-refractivity contribution is 5.87. The van der Waals surface area contributed by atoms with E-state index in [0.717, 1.165) is 11.5 Å². The predicted octanol–water partition coefficient (Wildman–Crippen LogP) is 1.91. The maximum absolute atomic E-state index is 11.9. The van der Waals surface area contributed by atoms with E-state index in [9.17, 15) is 4.79 Å². The topological polar surface area (TPSA) is 62.1 Å². The number of para-hydroxylation sites is 1. The number of hydrogen-bond acceptors (Lipinski definition) is 4. The third-order valence-corrected chi connectivity index (χ3v) is 3.16. The van der Waals surface area contributed by atoms with E-state index in [4.69, 9.17) is 9.94 Å². The predicted molar refractivity (Wildman–Crippen MR) is 71.6 cm³/mol. The van der Waals surface area contributed by atoms with Crippen molar-refractivity contribution in [3.8, 4) is 5.75 Å². The number of carbonyl (C=O) groups excluding carboxylic acids is 1. The van der Waals surface area contributed by atoms with Gasteiger partial charge in [-0.3, -0.25) is 4.79 Å². The number of ether oxygens (including phenoxy) is 1. The number of likely N-dealkylation sites (tertiary alicyclic amines) is 1. The number of rotatable bonds is 4. The van der Waals surface area contributed by atoms with E-state index in [0.29, 0.717) is 39.0 Å². The molecule has 1 amide bonds. The second kappa shape index (κ2) is 6.78. The Hall–Kier alpha value is -2.04. The van der Waals surface area contributed by atoms with Gasteiger partial charge in [0.1, 0.15) is 5.75 Å². The molecule has 0 aromatic heterocycles. The SMILES string of the molecule is O=C(CCOc1ccccc1)N1CCC(=NO)CC1. The Kier molecular flexibility index (Phi) is 4.78. The van der Waals surface area contributed by atoms with E-state index in [1.807, 2.05) is 30.3 Å². The molecule has 19 heavy (non-hydrogen) atoms. The molecule has 1 fully saturated rings. The molecular weight excluding hydrogens is 244 g/mol. The summed E-state index contributed by atoms with van der Waals surface area (Å²) in [7, 11) is 0. The zero-order chi connectivity index (χ0) is 13.5. The number of oxime groups is 1. The monoisotopic (exact) mass is 262 g/mol. The van der Waals surface area contributed by atoms with Crippen LogP contribution in [0.5, 0.6) is 5.75 Å². The highest BCUT2D eigenvalue weighted by Crippen LogP contribution is 2.11. The Morgan fingerprint density at radius 3 is 2.58 bits per heavy atom. The van der Waals surface area contributed by atoms with Gasteiger partial charge in [0.15, 0.2) is 0 Å². The van der Waals surface area contributed by atoms with Gasteiger partial charge in [-0.15, -0.1) is 0 Å². The van der Waals surface area contributed by atoms with Crippen molar-refractivity contribution in [2.45, 2.75) is 19.3 Å². The normalized spacial score (nSPS) is 15.2. The van der Waals surface area contributed by atoms with Crippen molar-refractivity contribution >= 4 is 11.6 Å². The first kappa shape index (κ1) is 13.4. The number of carbonyl (C=O) groups is 1. The van der Waals surface area contributed by atoms with E-state index in [1.54, 1.807) is 4.90 Å². The lowest BCUT2D eigenvalue weighted by atomic mass is 10.1. The van der Waals surface area contributed by atoms with Gasteiger partial charge < -0.3 is 14.8 Å². The fourth-order valence-electron chi connectivity index (χ4n) is 2.05. The summed E-state index contributed by atoms with van der Waals surface area (Å²) in [5, 5.41) is 11.8. The third-order valence-electron chi connectivity index (χ3n) is 3.16. The van der Waals surface area contributed by atoms with Crippen molar-refractivity contribution in [3.63, 3.8) is 0 Å². The van der Waals surface area contributed by atoms with Gasteiger partial charge in [0.25, 0.3) is 0 Å². The Morgan fingerprint density at radius 1 is 1.26 bits per heavy atom. The lowest BCUT2D eigenvalue weighted by Crippen LogP contribution is -2.39. The first-order chi connectivity index (χ1) is 9.29. The zero-order valence-corrected chi connectivity index (χ0v) is 10.8. The van der Waals surface area contributed by atoms with Crippen molar-refractivity contribution in [2.75, 3.05) is 19.7 Å². The van der Waals surface area contributed by atoms with Crippen molar-refractivity contribution in [2.24, 2.45) is 5.16 Å². The molecule has 1 aromatic rings. The Labute approximate surface area is 112 Å². The minimum atomic E-state index is 0.0907. The molecular formula is C14H18N2O3. The number of nitrogens with zero attached hydrogens (tertiary/aromatic N) is 2. The van der Waals surface area contributed by atoms with E-state index in [-0.39, 0.29) is 5.91 Å². The molecule has 0 radical (unpaired) electrons. The minimum absolute atomic E-state index is 0.0907. The summed E-state index contributed by atoms with van der Waals surface area (Å²) in [4.78, 5) is 13.7. The van der Waals surface area contributed by atoms with Crippen LogP contribution in [0.4, 0.5) is 0 Å². The molecule has 0 saturated carbocycles. The van der Waals surface area contributed by atoms with Gasteiger partial charge in [0.2, 0.25) is 5.91 Å². The van der Waals surface area contributed by atoms with Gasteiger partial charge in [-0.25, -0.2) is 0 Å². The molecule has 102 valence electrons. The molecule has 0 unspecified atom stereocenters. The summed E-state index contributed by atoms with van der Waals surface area (Å²) in [5.41, 5.74) is 0.768. The van der Waals surface area contributed by atoms with Gasteiger partial charge >= 0.3 is 0 Å². The molecule has 0 spiro atoms. The molecule has 1 aliphatic heterocycles. The van der Waals surface area contributed by atoms with Gasteiger partial charge in [0.05, 0.1) is 18.7 Å². The van der Waals surface area contributed by atoms with Crippen LogP contribution < -0.4 is 4.74 Å². The standard InChI is InChI=1S/C14H18N2O3/c17-14(16-9-6-12(15-18)7-10-16)8-11-19-13-4-2-1-3-5-13/h1-5,18H,6-11H2. The average Bonchev–Trinajstić information content (AvgIpc) is 2.48. The van der Waals surface area contributed by atoms with E-state index < -0.39 is 0 Å². The maximum Gasteiger partial charge on any atom is 0.226 e. The highest BCUT2D eigenvalue weighted by Gasteiger charge is 2.19. The molecule has 2 rings (SSSR count). The van der Waals surface area contributed by atoms with Crippen LogP contribution in [0.25, 0.3) is 0 Å². The first-order valence-electron chi connectivity index (χ1n) is 6.45. The molecule has 0 aliphatic carbocycles. The van der Waals surface area contributed by atoms with Gasteiger partial charge in [-0.2, -0.15) is 0 Å². The Balaban J connectivity index is 1.70. The fraction of sp³-hybridized carbons (Fsp3) is 0.429. The average molecular weight is 262 g/mol. The largest absolute Gasteiger partial charge is 0.493 e. The smallest absolute Gasteiger partial charge is 0.226 e. The molecule has 1 heterocycles. The van der Waals surface area contributed by atoms with Gasteiger partial charge in [-0.1, -0.05) is 23.4 Å². The number of hydrogen-bond donors (Lipinski definition) is 1. The highest BCUT2D eigenvalue weighted by atomic mass is 16.5. The van der Waals surface area contributed by atoms with E-state index >= 15 is 0 Å². The summed E-state index contributed by atoms with van der Waals surface area (Å²) in [6.45, 7) is 1.65. The quantitative estimate of drug-likeness (QED) is 0.666. The number of piperidine rings is 1. The summed E-state index contributed by atoms with van der Waals surface area (Å²) in [6, 6.07) is 9.46. The molecule has 0 bridgehead atoms. The van der Waals surface area contributed by atoms with E-state index in [1.165, 1.54) is 0 Å². The van der Waals surface area contributed by atoms with Crippen LogP contribution in [0.3, 0.4) is 0 Å². The maximum atomic E-state index is 11.9. The molecule has 1 aromatic carbocycles. The third kappa shape index (κ3) is 3.98. The molecule has 1 N–H and O–H groups in total. The molecule has 1 aliphatic rings. The molecule has 5 nitrogen and oxygen atoms in total. The summed E-state index contributed by atoms with van der Waals surface area (Å²) in [5.74, 6) is 0.872. The van der Waals surface area contributed by atoms with Crippen LogP contribution in [-0.2, 0) is 4.79 Å². The molecule has 0 atom stereocenters. The van der Waals surface area contributed by atoms with Crippen molar-refractivity contribution in [1.82, 2.24) is 4.90 Å². The lowest BCUT2D eigenvalue weighted by Gasteiger charge is -2.27. The molecule has 5 heteroatoms. The summed E-state index contributed by atoms with van der Waals surface area (Å²) < 4.78 is 5.50. The van der Waals surface area contributed by atoms with Crippen LogP contribution in [0.1, 0.15) is 19.3 Å². The second-order valence-electron chi connectivity index (χ2n) is 4.46. The number of benzene rings is 1. The summed E-state index contributed by atoms with van der Waals surface area (Å²) in [6.07, 6.45) is 1.68. The van der Waals surface area contributed by atoms with Crippen molar-refractivity contribution in [3.05, 3.63) is 30.3 Å². The zero-order valence-electron chi connectivity index (χ0n) is 10.8. The van der Waals surface area contributed by atoms with Gasteiger partial charge in [0, 0.05) is 25.9 Å². The van der Waals surface area contributed by atoms with Crippen molar-refractivity contribution in [1.29, 1.82) is 0 Å². The number of amides is 1. The Bertz CT molecular complexity index is 435. The Morgan fingerprint density at radius 2 is 1.95 bits per heavy atom. The lowest BCUT2D eigenvalue weighted by molar-refractivity contribution is -0.131. The van der Waals surface area contributed by atoms with E-state index in [2.05, 4.69) is 5.16 Å². The minimum Gasteiger partial charge on any atom is -0.493 e.